The maximum Gasteiger partial charge on any atom is 0.433 e. The number of aliphatic hydroxyl groups is 1. The van der Waals surface area contributed by atoms with Crippen LogP contribution in [0.1, 0.15) is 49.4 Å². The van der Waals surface area contributed by atoms with Gasteiger partial charge in [0.1, 0.15) is 34.3 Å². The van der Waals surface area contributed by atoms with Crippen molar-refractivity contribution in [2.24, 2.45) is 11.3 Å². The number of nitrogens with one attached hydrogen (secondary N) is 1. The van der Waals surface area contributed by atoms with Crippen molar-refractivity contribution in [2.75, 3.05) is 5.32 Å². The molecule has 0 aliphatic heterocycles. The van der Waals surface area contributed by atoms with Gasteiger partial charge in [0, 0.05) is 12.3 Å². The van der Waals surface area contributed by atoms with Gasteiger partial charge in [-0.3, -0.25) is 4.79 Å². The van der Waals surface area contributed by atoms with Crippen LogP contribution in [-0.2, 0) is 16.6 Å². The number of aryl methyl sites for hydroxylation is 1. The lowest BCUT2D eigenvalue weighted by Crippen LogP contribution is -2.44. The monoisotopic (exact) mass is 507 g/mol. The molecule has 0 aromatic carbocycles. The first-order chi connectivity index (χ1) is 16.3. The molecule has 3 aromatic rings. The van der Waals surface area contributed by atoms with Crippen LogP contribution in [0.3, 0.4) is 0 Å². The van der Waals surface area contributed by atoms with Gasteiger partial charge in [-0.25, -0.2) is 19.9 Å². The van der Waals surface area contributed by atoms with E-state index in [1.165, 1.54) is 11.3 Å². The third-order valence-corrected chi connectivity index (χ3v) is 7.39. The van der Waals surface area contributed by atoms with E-state index in [0.717, 1.165) is 18.0 Å². The number of halogens is 3. The molecule has 4 rings (SSSR count). The Morgan fingerprint density at radius 3 is 2.57 bits per heavy atom. The number of aliphatic carboxylic acids is 1. The highest BCUT2D eigenvalue weighted by Crippen LogP contribution is 2.50. The number of rotatable bonds is 5. The van der Waals surface area contributed by atoms with Crippen molar-refractivity contribution in [3.63, 3.8) is 0 Å². The van der Waals surface area contributed by atoms with Gasteiger partial charge < -0.3 is 15.5 Å². The molecule has 0 saturated heterocycles. The standard InChI is InChI=1S/C23H24F3N5O3S/c1-12-6-14(30-18(7-12)31-17-8-16(23(24,25)26)28-11-29-17)15-9-27-20(35-15)22(34)5-4-13(19(32)33)21(2,3)10-22/h6-9,11,13,34H,4-5,10H2,1-3H3,(H,32,33)(H,28,29,30,31)/t13-,22-/m1/s1. The highest BCUT2D eigenvalue weighted by Gasteiger charge is 2.49. The summed E-state index contributed by atoms with van der Waals surface area (Å²) in [6, 6.07) is 4.28. The summed E-state index contributed by atoms with van der Waals surface area (Å²) < 4.78 is 38.9. The Balaban J connectivity index is 1.59. The number of carboxylic acid groups (broad SMARTS) is 1. The largest absolute Gasteiger partial charge is 0.481 e. The Morgan fingerprint density at radius 2 is 1.91 bits per heavy atom. The molecule has 1 saturated carbocycles. The summed E-state index contributed by atoms with van der Waals surface area (Å²) in [6.07, 6.45) is -1.30. The third kappa shape index (κ3) is 5.27. The molecule has 1 aliphatic rings. The first-order valence-corrected chi connectivity index (χ1v) is 11.7. The average Bonchev–Trinajstić information content (AvgIpc) is 3.23. The summed E-state index contributed by atoms with van der Waals surface area (Å²) in [4.78, 5) is 28.3. The molecule has 0 unspecified atom stereocenters. The molecule has 3 heterocycles. The van der Waals surface area contributed by atoms with E-state index in [-0.39, 0.29) is 18.7 Å². The Labute approximate surface area is 203 Å². The second-order valence-corrected chi connectivity index (χ2v) is 10.5. The van der Waals surface area contributed by atoms with Crippen molar-refractivity contribution in [3.8, 4) is 10.6 Å². The predicted molar refractivity (Wildman–Crippen MR) is 123 cm³/mol. The number of carboxylic acids is 1. The normalized spacial score (nSPS) is 22.1. The molecule has 1 aliphatic carbocycles. The zero-order valence-corrected chi connectivity index (χ0v) is 20.0. The minimum absolute atomic E-state index is 0.0481. The van der Waals surface area contributed by atoms with Gasteiger partial charge in [-0.15, -0.1) is 11.3 Å². The Morgan fingerprint density at radius 1 is 1.17 bits per heavy atom. The highest BCUT2D eigenvalue weighted by atomic mass is 32.1. The summed E-state index contributed by atoms with van der Waals surface area (Å²) in [7, 11) is 0. The van der Waals surface area contributed by atoms with Crippen LogP contribution in [0, 0.1) is 18.3 Å². The molecule has 8 nitrogen and oxygen atoms in total. The Bertz CT molecular complexity index is 1260. The van der Waals surface area contributed by atoms with E-state index < -0.39 is 34.8 Å². The molecule has 0 amide bonds. The van der Waals surface area contributed by atoms with Crippen LogP contribution in [0.25, 0.3) is 10.6 Å². The molecule has 0 spiro atoms. The van der Waals surface area contributed by atoms with E-state index in [1.807, 2.05) is 20.8 Å². The first kappa shape index (κ1) is 25.0. The van der Waals surface area contributed by atoms with Crippen molar-refractivity contribution < 1.29 is 28.2 Å². The van der Waals surface area contributed by atoms with Crippen LogP contribution in [0.4, 0.5) is 24.8 Å². The fourth-order valence-electron chi connectivity index (χ4n) is 4.56. The van der Waals surface area contributed by atoms with Gasteiger partial charge in [0.05, 0.1) is 16.5 Å². The average molecular weight is 508 g/mol. The molecule has 3 aromatic heterocycles. The van der Waals surface area contributed by atoms with Crippen LogP contribution < -0.4 is 5.32 Å². The number of aromatic nitrogens is 4. The summed E-state index contributed by atoms with van der Waals surface area (Å²) in [5, 5.41) is 24.1. The van der Waals surface area contributed by atoms with Crippen molar-refractivity contribution in [1.29, 1.82) is 0 Å². The van der Waals surface area contributed by atoms with Gasteiger partial charge in [0.25, 0.3) is 0 Å². The summed E-state index contributed by atoms with van der Waals surface area (Å²) >= 11 is 1.26. The minimum Gasteiger partial charge on any atom is -0.481 e. The van der Waals surface area contributed by atoms with E-state index in [4.69, 9.17) is 0 Å². The number of thiazole rings is 1. The molecule has 0 bridgehead atoms. The van der Waals surface area contributed by atoms with Crippen LogP contribution in [-0.4, -0.2) is 36.1 Å². The SMILES string of the molecule is Cc1cc(Nc2cc(C(F)(F)F)ncn2)nc(-c2cnc([C@@]3(O)CC[C@H](C(=O)O)C(C)(C)C3)s2)c1. The molecular weight excluding hydrogens is 483 g/mol. The fraction of sp³-hybridized carbons (Fsp3) is 0.435. The number of alkyl halides is 3. The maximum atomic E-state index is 13.0. The summed E-state index contributed by atoms with van der Waals surface area (Å²) in [6.45, 7) is 5.49. The second kappa shape index (κ2) is 8.83. The molecule has 1 fully saturated rings. The zero-order chi connectivity index (χ0) is 25.6. The third-order valence-electron chi connectivity index (χ3n) is 6.18. The molecule has 0 radical (unpaired) electrons. The fourth-order valence-corrected chi connectivity index (χ4v) is 5.55. The molecule has 12 heteroatoms. The van der Waals surface area contributed by atoms with Crippen LogP contribution >= 0.6 is 11.3 Å². The summed E-state index contributed by atoms with van der Waals surface area (Å²) in [5.41, 5.74) is -1.60. The lowest BCUT2D eigenvalue weighted by atomic mass is 9.63. The van der Waals surface area contributed by atoms with E-state index in [1.54, 1.807) is 18.3 Å². The number of pyridine rings is 1. The first-order valence-electron chi connectivity index (χ1n) is 10.8. The second-order valence-electron chi connectivity index (χ2n) is 9.48. The smallest absolute Gasteiger partial charge is 0.433 e. The highest BCUT2D eigenvalue weighted by molar-refractivity contribution is 7.15. The van der Waals surface area contributed by atoms with E-state index in [0.29, 0.717) is 27.8 Å². The predicted octanol–water partition coefficient (Wildman–Crippen LogP) is 5.16. The van der Waals surface area contributed by atoms with Crippen molar-refractivity contribution in [2.45, 2.75) is 51.8 Å². The molecule has 2 atom stereocenters. The van der Waals surface area contributed by atoms with Crippen molar-refractivity contribution >= 4 is 28.9 Å². The number of hydrogen-bond acceptors (Lipinski definition) is 8. The van der Waals surface area contributed by atoms with E-state index in [2.05, 4.69) is 25.3 Å². The van der Waals surface area contributed by atoms with Crippen molar-refractivity contribution in [1.82, 2.24) is 19.9 Å². The van der Waals surface area contributed by atoms with Gasteiger partial charge in [-0.05, 0) is 49.3 Å². The lowest BCUT2D eigenvalue weighted by Gasteiger charge is -2.44. The topological polar surface area (TPSA) is 121 Å². The molecule has 3 N–H and O–H groups in total. The van der Waals surface area contributed by atoms with Gasteiger partial charge in [-0.2, -0.15) is 13.2 Å². The molecule has 186 valence electrons. The molecule has 35 heavy (non-hydrogen) atoms. The lowest BCUT2D eigenvalue weighted by molar-refractivity contribution is -0.154. The number of hydrogen-bond donors (Lipinski definition) is 3. The minimum atomic E-state index is -4.60. The van der Waals surface area contributed by atoms with Crippen LogP contribution in [0.2, 0.25) is 0 Å². The van der Waals surface area contributed by atoms with E-state index >= 15 is 0 Å². The van der Waals surface area contributed by atoms with Crippen LogP contribution in [0.5, 0.6) is 0 Å². The van der Waals surface area contributed by atoms with Gasteiger partial charge in [0.2, 0.25) is 0 Å². The quantitative estimate of drug-likeness (QED) is 0.433. The zero-order valence-electron chi connectivity index (χ0n) is 19.2. The number of carbonyl (C=O) groups is 1. The summed E-state index contributed by atoms with van der Waals surface area (Å²) in [5.74, 6) is -1.17. The maximum absolute atomic E-state index is 13.0. The van der Waals surface area contributed by atoms with E-state index in [9.17, 15) is 28.2 Å². The van der Waals surface area contributed by atoms with Crippen LogP contribution in [0.15, 0.2) is 30.7 Å². The van der Waals surface area contributed by atoms with Crippen molar-refractivity contribution in [3.05, 3.63) is 47.0 Å². The van der Waals surface area contributed by atoms with Gasteiger partial charge in [0.15, 0.2) is 0 Å². The Kier molecular flexibility index (Phi) is 6.30. The Hall–Kier alpha value is -3.12. The molecular formula is C23H24F3N5O3S. The van der Waals surface area contributed by atoms with Gasteiger partial charge >= 0.3 is 12.1 Å². The number of nitrogens with zero attached hydrogens (tertiary/aromatic N) is 4. The van der Waals surface area contributed by atoms with Gasteiger partial charge in [-0.1, -0.05) is 13.8 Å². The number of anilines is 2.